The number of aryl methyl sites for hydroxylation is 1. The zero-order valence-electron chi connectivity index (χ0n) is 8.24. The second-order valence-corrected chi connectivity index (χ2v) is 5.83. The molecule has 1 atom stereocenters. The zero-order chi connectivity index (χ0) is 10.3. The van der Waals surface area contributed by atoms with E-state index in [9.17, 15) is 8.42 Å². The molecule has 3 nitrogen and oxygen atoms in total. The highest BCUT2D eigenvalue weighted by molar-refractivity contribution is 7.91. The van der Waals surface area contributed by atoms with Gasteiger partial charge in [0.05, 0.1) is 16.3 Å². The number of fused-ring (bicyclic) bond motifs is 1. The standard InChI is InChI=1S/C10H13NO2S/c1-7-3-4-9-10(5-7)14(12,13)6-8(2)11-9/h3-5,8,11H,6H2,1-2H3. The largest absolute Gasteiger partial charge is 0.380 e. The van der Waals surface area contributed by atoms with E-state index in [0.29, 0.717) is 4.90 Å². The molecule has 0 saturated carbocycles. The molecule has 76 valence electrons. The maximum Gasteiger partial charge on any atom is 0.182 e. The number of sulfone groups is 1. The summed E-state index contributed by atoms with van der Waals surface area (Å²) < 4.78 is 23.6. The normalized spacial score (nSPS) is 23.7. The Morgan fingerprint density at radius 2 is 2.14 bits per heavy atom. The molecule has 0 radical (unpaired) electrons. The first-order valence-corrected chi connectivity index (χ1v) is 6.24. The van der Waals surface area contributed by atoms with E-state index in [1.807, 2.05) is 26.0 Å². The van der Waals surface area contributed by atoms with Gasteiger partial charge in [-0.2, -0.15) is 0 Å². The Labute approximate surface area is 84.1 Å². The summed E-state index contributed by atoms with van der Waals surface area (Å²) in [4.78, 5) is 0.440. The second-order valence-electron chi connectivity index (χ2n) is 3.83. The van der Waals surface area contributed by atoms with Crippen LogP contribution in [0.5, 0.6) is 0 Å². The van der Waals surface area contributed by atoms with Gasteiger partial charge < -0.3 is 5.32 Å². The number of hydrogen-bond donors (Lipinski definition) is 1. The fourth-order valence-corrected chi connectivity index (χ4v) is 3.48. The molecule has 1 aliphatic rings. The van der Waals surface area contributed by atoms with E-state index in [4.69, 9.17) is 0 Å². The lowest BCUT2D eigenvalue weighted by atomic mass is 10.2. The quantitative estimate of drug-likeness (QED) is 0.708. The topological polar surface area (TPSA) is 46.2 Å². The van der Waals surface area contributed by atoms with Gasteiger partial charge >= 0.3 is 0 Å². The summed E-state index contributed by atoms with van der Waals surface area (Å²) >= 11 is 0. The van der Waals surface area contributed by atoms with Crippen molar-refractivity contribution in [3.8, 4) is 0 Å². The van der Waals surface area contributed by atoms with Gasteiger partial charge in [-0.15, -0.1) is 0 Å². The highest BCUT2D eigenvalue weighted by Crippen LogP contribution is 2.28. The summed E-state index contributed by atoms with van der Waals surface area (Å²) in [6.07, 6.45) is 0. The maximum atomic E-state index is 11.8. The molecular formula is C10H13NO2S. The summed E-state index contributed by atoms with van der Waals surface area (Å²) in [5, 5.41) is 3.16. The van der Waals surface area contributed by atoms with Gasteiger partial charge in [-0.05, 0) is 31.5 Å². The lowest BCUT2D eigenvalue weighted by molar-refractivity contribution is 0.588. The van der Waals surface area contributed by atoms with Crippen LogP contribution in [0.3, 0.4) is 0 Å². The summed E-state index contributed by atoms with van der Waals surface area (Å²) in [5.74, 6) is 0.184. The number of benzene rings is 1. The van der Waals surface area contributed by atoms with Crippen LogP contribution < -0.4 is 5.32 Å². The molecule has 0 amide bonds. The highest BCUT2D eigenvalue weighted by Gasteiger charge is 2.27. The van der Waals surface area contributed by atoms with Gasteiger partial charge in [0, 0.05) is 6.04 Å². The van der Waals surface area contributed by atoms with Crippen molar-refractivity contribution in [2.45, 2.75) is 24.8 Å². The van der Waals surface area contributed by atoms with Crippen molar-refractivity contribution in [2.75, 3.05) is 11.1 Å². The number of hydrogen-bond acceptors (Lipinski definition) is 3. The van der Waals surface area contributed by atoms with Crippen molar-refractivity contribution in [2.24, 2.45) is 0 Å². The Bertz CT molecular complexity index is 465. The van der Waals surface area contributed by atoms with E-state index in [1.54, 1.807) is 6.07 Å². The fraction of sp³-hybridized carbons (Fsp3) is 0.400. The molecule has 0 fully saturated rings. The predicted molar refractivity (Wildman–Crippen MR) is 56.3 cm³/mol. The molecular weight excluding hydrogens is 198 g/mol. The molecule has 1 heterocycles. The van der Waals surface area contributed by atoms with Gasteiger partial charge in [0.25, 0.3) is 0 Å². The Kier molecular flexibility index (Phi) is 2.03. The SMILES string of the molecule is Cc1ccc2c(c1)S(=O)(=O)CC(C)N2. The first-order chi connectivity index (χ1) is 6.49. The summed E-state index contributed by atoms with van der Waals surface area (Å²) in [6.45, 7) is 3.77. The van der Waals surface area contributed by atoms with E-state index in [1.165, 1.54) is 0 Å². The molecule has 0 aliphatic carbocycles. The molecule has 0 saturated heterocycles. The third-order valence-corrected chi connectivity index (χ3v) is 4.29. The number of anilines is 1. The van der Waals surface area contributed by atoms with Crippen molar-refractivity contribution in [1.29, 1.82) is 0 Å². The van der Waals surface area contributed by atoms with Crippen LogP contribution in [0.25, 0.3) is 0 Å². The van der Waals surface area contributed by atoms with Crippen molar-refractivity contribution < 1.29 is 8.42 Å². The Morgan fingerprint density at radius 1 is 1.43 bits per heavy atom. The Hall–Kier alpha value is -1.03. The first kappa shape index (κ1) is 9.52. The van der Waals surface area contributed by atoms with Crippen LogP contribution in [-0.4, -0.2) is 20.2 Å². The van der Waals surface area contributed by atoms with E-state index >= 15 is 0 Å². The smallest absolute Gasteiger partial charge is 0.182 e. The monoisotopic (exact) mass is 211 g/mol. The van der Waals surface area contributed by atoms with Crippen molar-refractivity contribution >= 4 is 15.5 Å². The Balaban J connectivity index is 2.65. The third-order valence-electron chi connectivity index (χ3n) is 2.34. The van der Waals surface area contributed by atoms with Crippen molar-refractivity contribution in [3.05, 3.63) is 23.8 Å². The molecule has 4 heteroatoms. The van der Waals surface area contributed by atoms with Gasteiger partial charge in [0.1, 0.15) is 0 Å². The van der Waals surface area contributed by atoms with Crippen LogP contribution in [0.2, 0.25) is 0 Å². The minimum absolute atomic E-state index is 0.00444. The molecule has 1 N–H and O–H groups in total. The third kappa shape index (κ3) is 1.50. The average molecular weight is 211 g/mol. The van der Waals surface area contributed by atoms with Gasteiger partial charge in [-0.3, -0.25) is 0 Å². The zero-order valence-corrected chi connectivity index (χ0v) is 9.06. The number of rotatable bonds is 0. The molecule has 1 aliphatic heterocycles. The molecule has 0 bridgehead atoms. The predicted octanol–water partition coefficient (Wildman–Crippen LogP) is 1.58. The minimum atomic E-state index is -3.08. The van der Waals surface area contributed by atoms with Crippen LogP contribution in [-0.2, 0) is 9.84 Å². The van der Waals surface area contributed by atoms with Crippen LogP contribution in [0.15, 0.2) is 23.1 Å². The first-order valence-electron chi connectivity index (χ1n) is 4.59. The fourth-order valence-electron chi connectivity index (χ4n) is 1.73. The van der Waals surface area contributed by atoms with Gasteiger partial charge in [-0.25, -0.2) is 8.42 Å². The molecule has 2 rings (SSSR count). The van der Waals surface area contributed by atoms with E-state index in [-0.39, 0.29) is 11.8 Å². The van der Waals surface area contributed by atoms with Crippen LogP contribution in [0, 0.1) is 6.92 Å². The molecule has 0 spiro atoms. The lowest BCUT2D eigenvalue weighted by Gasteiger charge is -2.24. The molecule has 0 aromatic heterocycles. The van der Waals surface area contributed by atoms with Crippen molar-refractivity contribution in [3.63, 3.8) is 0 Å². The summed E-state index contributed by atoms with van der Waals surface area (Å²) in [5.41, 5.74) is 1.71. The van der Waals surface area contributed by atoms with Gasteiger partial charge in [0.2, 0.25) is 0 Å². The van der Waals surface area contributed by atoms with Crippen LogP contribution in [0.1, 0.15) is 12.5 Å². The maximum absolute atomic E-state index is 11.8. The lowest BCUT2D eigenvalue weighted by Crippen LogP contribution is -2.31. The van der Waals surface area contributed by atoms with Crippen LogP contribution in [0.4, 0.5) is 5.69 Å². The molecule has 1 unspecified atom stereocenters. The second kappa shape index (κ2) is 2.98. The minimum Gasteiger partial charge on any atom is -0.380 e. The molecule has 1 aromatic rings. The Morgan fingerprint density at radius 3 is 2.86 bits per heavy atom. The summed E-state index contributed by atoms with van der Waals surface area (Å²) in [7, 11) is -3.08. The van der Waals surface area contributed by atoms with E-state index in [0.717, 1.165) is 11.3 Å². The van der Waals surface area contributed by atoms with Gasteiger partial charge in [0.15, 0.2) is 9.84 Å². The van der Waals surface area contributed by atoms with E-state index < -0.39 is 9.84 Å². The molecule has 1 aromatic carbocycles. The molecule has 14 heavy (non-hydrogen) atoms. The van der Waals surface area contributed by atoms with Crippen molar-refractivity contribution in [1.82, 2.24) is 0 Å². The van der Waals surface area contributed by atoms with Crippen LogP contribution >= 0.6 is 0 Å². The average Bonchev–Trinajstić information content (AvgIpc) is 2.05. The number of nitrogens with one attached hydrogen (secondary N) is 1. The van der Waals surface area contributed by atoms with E-state index in [2.05, 4.69) is 5.32 Å². The highest BCUT2D eigenvalue weighted by atomic mass is 32.2. The van der Waals surface area contributed by atoms with Gasteiger partial charge in [-0.1, -0.05) is 6.07 Å². The summed E-state index contributed by atoms with van der Waals surface area (Å²) in [6, 6.07) is 5.47.